The van der Waals surface area contributed by atoms with E-state index in [0.717, 1.165) is 33.1 Å². The molecule has 9 aromatic rings. The summed E-state index contributed by atoms with van der Waals surface area (Å²) < 4.78 is 2.16. The van der Waals surface area contributed by atoms with Crippen molar-refractivity contribution in [1.82, 2.24) is 24.5 Å². The topological polar surface area (TPSA) is 56.5 Å². The molecule has 6 aromatic carbocycles. The van der Waals surface area contributed by atoms with E-state index in [1.165, 1.54) is 33.4 Å². The highest BCUT2D eigenvalue weighted by Crippen LogP contribution is 2.57. The van der Waals surface area contributed by atoms with Gasteiger partial charge in [-0.15, -0.1) is 0 Å². The lowest BCUT2D eigenvalue weighted by Gasteiger charge is -2.33. The molecule has 50 heavy (non-hydrogen) atoms. The Kier molecular flexibility index (Phi) is 6.33. The van der Waals surface area contributed by atoms with Crippen molar-refractivity contribution >= 4 is 21.9 Å². The minimum absolute atomic E-state index is 0.514. The first-order chi connectivity index (χ1) is 24.8. The van der Waals surface area contributed by atoms with Gasteiger partial charge in [0.2, 0.25) is 5.95 Å². The summed E-state index contributed by atoms with van der Waals surface area (Å²) in [6, 6.07) is 59.6. The molecule has 0 amide bonds. The maximum atomic E-state index is 5.15. The molecule has 0 N–H and O–H groups in total. The molecule has 0 bridgehead atoms. The van der Waals surface area contributed by atoms with E-state index in [1.54, 1.807) is 0 Å². The van der Waals surface area contributed by atoms with Crippen LogP contribution in [0.5, 0.6) is 0 Å². The van der Waals surface area contributed by atoms with Crippen LogP contribution in [0.3, 0.4) is 0 Å². The number of fused-ring (bicyclic) bond motifs is 6. The quantitative estimate of drug-likeness (QED) is 0.188. The van der Waals surface area contributed by atoms with Crippen molar-refractivity contribution in [1.29, 1.82) is 0 Å². The first kappa shape index (κ1) is 28.3. The van der Waals surface area contributed by atoms with Crippen LogP contribution in [-0.2, 0) is 5.41 Å². The Labute approximate surface area is 289 Å². The molecular formula is C45H29N5. The van der Waals surface area contributed by atoms with Crippen molar-refractivity contribution < 1.29 is 0 Å². The van der Waals surface area contributed by atoms with Gasteiger partial charge in [0.1, 0.15) is 0 Å². The van der Waals surface area contributed by atoms with E-state index in [0.29, 0.717) is 17.6 Å². The first-order valence-corrected chi connectivity index (χ1v) is 16.8. The van der Waals surface area contributed by atoms with Gasteiger partial charge >= 0.3 is 0 Å². The molecule has 0 spiro atoms. The van der Waals surface area contributed by atoms with E-state index in [2.05, 4.69) is 108 Å². The lowest BCUT2D eigenvalue weighted by molar-refractivity contribution is 0.769. The molecule has 0 saturated carbocycles. The molecule has 0 atom stereocenters. The standard InChI is InChI=1S/C45H29N5/c1-5-16-30(17-6-1)42-47-43(31-18-7-2-8-19-31)49-44(48-42)50-39-26-15-27-46-41(39)36-28-38-35(29-40(36)50)34-24-13-14-25-37(34)45(38,32-20-9-3-10-21-32)33-22-11-4-12-23-33/h1-29H. The summed E-state index contributed by atoms with van der Waals surface area (Å²) in [5, 5.41) is 1.05. The maximum absolute atomic E-state index is 5.15. The Morgan fingerprint density at radius 2 is 1.00 bits per heavy atom. The van der Waals surface area contributed by atoms with Gasteiger partial charge in [-0.1, -0.05) is 146 Å². The van der Waals surface area contributed by atoms with Gasteiger partial charge < -0.3 is 0 Å². The van der Waals surface area contributed by atoms with Crippen LogP contribution in [0.4, 0.5) is 0 Å². The fraction of sp³-hybridized carbons (Fsp3) is 0.0222. The van der Waals surface area contributed by atoms with E-state index in [4.69, 9.17) is 19.9 Å². The molecule has 5 heteroatoms. The van der Waals surface area contributed by atoms with Gasteiger partial charge in [-0.05, 0) is 57.6 Å². The predicted octanol–water partition coefficient (Wildman–Crippen LogP) is 10.1. The van der Waals surface area contributed by atoms with Gasteiger partial charge in [-0.3, -0.25) is 9.55 Å². The summed E-state index contributed by atoms with van der Waals surface area (Å²) in [6.07, 6.45) is 1.87. The summed E-state index contributed by atoms with van der Waals surface area (Å²) in [4.78, 5) is 20.3. The minimum atomic E-state index is -0.514. The van der Waals surface area contributed by atoms with Crippen LogP contribution in [0, 0.1) is 0 Å². The summed E-state index contributed by atoms with van der Waals surface area (Å²) >= 11 is 0. The number of rotatable bonds is 5. The van der Waals surface area contributed by atoms with Crippen molar-refractivity contribution in [2.45, 2.75) is 5.41 Å². The van der Waals surface area contributed by atoms with Gasteiger partial charge in [0.15, 0.2) is 11.6 Å². The van der Waals surface area contributed by atoms with E-state index in [9.17, 15) is 0 Å². The van der Waals surface area contributed by atoms with Crippen LogP contribution in [0.25, 0.3) is 61.8 Å². The monoisotopic (exact) mass is 639 g/mol. The largest absolute Gasteiger partial charge is 0.276 e. The van der Waals surface area contributed by atoms with Crippen LogP contribution in [0.15, 0.2) is 176 Å². The Bertz CT molecular complexity index is 2590. The average Bonchev–Trinajstić information content (AvgIpc) is 3.68. The number of hydrogen-bond acceptors (Lipinski definition) is 4. The fourth-order valence-corrected chi connectivity index (χ4v) is 7.88. The number of benzene rings is 6. The summed E-state index contributed by atoms with van der Waals surface area (Å²) in [6.45, 7) is 0. The Hall–Kier alpha value is -6.72. The Balaban J connectivity index is 1.32. The zero-order valence-electron chi connectivity index (χ0n) is 27.0. The van der Waals surface area contributed by atoms with Crippen LogP contribution in [0.2, 0.25) is 0 Å². The van der Waals surface area contributed by atoms with E-state index in [1.807, 2.05) is 72.9 Å². The molecule has 0 radical (unpaired) electrons. The molecule has 0 aliphatic heterocycles. The number of aromatic nitrogens is 5. The number of nitrogens with zero attached hydrogens (tertiary/aromatic N) is 5. The Morgan fingerprint density at radius 3 is 1.62 bits per heavy atom. The molecule has 0 unspecified atom stereocenters. The third-order valence-corrected chi connectivity index (χ3v) is 9.99. The lowest BCUT2D eigenvalue weighted by Crippen LogP contribution is -2.28. The summed E-state index contributed by atoms with van der Waals surface area (Å²) in [5.41, 5.74) is 11.5. The van der Waals surface area contributed by atoms with Gasteiger partial charge in [-0.2, -0.15) is 9.97 Å². The van der Waals surface area contributed by atoms with Gasteiger partial charge in [0, 0.05) is 22.7 Å². The molecule has 234 valence electrons. The number of hydrogen-bond donors (Lipinski definition) is 0. The first-order valence-electron chi connectivity index (χ1n) is 16.8. The third kappa shape index (κ3) is 4.13. The highest BCUT2D eigenvalue weighted by molar-refractivity contribution is 6.09. The zero-order chi connectivity index (χ0) is 33.1. The van der Waals surface area contributed by atoms with Crippen molar-refractivity contribution in [2.24, 2.45) is 0 Å². The van der Waals surface area contributed by atoms with Crippen LogP contribution >= 0.6 is 0 Å². The SMILES string of the molecule is c1ccc(-c2nc(-c3ccccc3)nc(-n3c4cc5c(cc4c4ncccc43)C(c3ccccc3)(c3ccccc3)c3ccccc3-5)n2)cc1. The molecular weight excluding hydrogens is 611 g/mol. The van der Waals surface area contributed by atoms with Gasteiger partial charge in [0.05, 0.1) is 22.0 Å². The normalized spacial score (nSPS) is 13.0. The van der Waals surface area contributed by atoms with Crippen molar-refractivity contribution in [3.63, 3.8) is 0 Å². The molecule has 10 rings (SSSR count). The molecule has 3 aromatic heterocycles. The van der Waals surface area contributed by atoms with Crippen LogP contribution in [-0.4, -0.2) is 24.5 Å². The molecule has 1 aliphatic carbocycles. The predicted molar refractivity (Wildman–Crippen MR) is 200 cm³/mol. The molecule has 1 aliphatic rings. The highest BCUT2D eigenvalue weighted by atomic mass is 15.2. The fourth-order valence-electron chi connectivity index (χ4n) is 7.88. The van der Waals surface area contributed by atoms with Crippen molar-refractivity contribution in [3.05, 3.63) is 198 Å². The second-order valence-electron chi connectivity index (χ2n) is 12.7. The molecule has 0 saturated heterocycles. The van der Waals surface area contributed by atoms with Gasteiger partial charge in [0.25, 0.3) is 0 Å². The molecule has 3 heterocycles. The molecule has 5 nitrogen and oxygen atoms in total. The summed E-state index contributed by atoms with van der Waals surface area (Å²) in [7, 11) is 0. The van der Waals surface area contributed by atoms with E-state index in [-0.39, 0.29) is 0 Å². The minimum Gasteiger partial charge on any atom is -0.276 e. The smallest absolute Gasteiger partial charge is 0.238 e. The van der Waals surface area contributed by atoms with Crippen LogP contribution in [0.1, 0.15) is 22.3 Å². The zero-order valence-corrected chi connectivity index (χ0v) is 27.0. The second kappa shape index (κ2) is 11.2. The Morgan fingerprint density at radius 1 is 0.440 bits per heavy atom. The van der Waals surface area contributed by atoms with Gasteiger partial charge in [-0.25, -0.2) is 4.98 Å². The number of pyridine rings is 1. The summed E-state index contributed by atoms with van der Waals surface area (Å²) in [5.74, 6) is 1.79. The van der Waals surface area contributed by atoms with Crippen molar-refractivity contribution in [3.8, 4) is 39.9 Å². The molecule has 0 fully saturated rings. The second-order valence-corrected chi connectivity index (χ2v) is 12.7. The maximum Gasteiger partial charge on any atom is 0.238 e. The average molecular weight is 640 g/mol. The highest BCUT2D eigenvalue weighted by Gasteiger charge is 2.46. The van der Waals surface area contributed by atoms with Crippen LogP contribution < -0.4 is 0 Å². The van der Waals surface area contributed by atoms with Crippen molar-refractivity contribution in [2.75, 3.05) is 0 Å². The van der Waals surface area contributed by atoms with E-state index >= 15 is 0 Å². The third-order valence-electron chi connectivity index (χ3n) is 9.99. The van der Waals surface area contributed by atoms with E-state index < -0.39 is 5.41 Å². The lowest BCUT2D eigenvalue weighted by atomic mass is 9.67.